The topological polar surface area (TPSA) is 26.0 Å². The molecule has 0 bridgehead atoms. The molecule has 1 atom stereocenters. The Morgan fingerprint density at radius 3 is 2.50 bits per heavy atom. The average Bonchev–Trinajstić information content (AvgIpc) is 1.85. The molecule has 45 valence electrons. The molecular weight excluding hydrogens is 186 g/mol. The molecule has 0 saturated heterocycles. The van der Waals surface area contributed by atoms with Crippen LogP contribution < -0.4 is 5.73 Å². The van der Waals surface area contributed by atoms with Gasteiger partial charge in [-0.2, -0.15) is 10.9 Å². The number of halogens is 1. The van der Waals surface area contributed by atoms with Crippen molar-refractivity contribution in [3.63, 3.8) is 0 Å². The van der Waals surface area contributed by atoms with Gasteiger partial charge in [0.1, 0.15) is 0 Å². The summed E-state index contributed by atoms with van der Waals surface area (Å²) in [6, 6.07) is 0. The minimum Gasteiger partial charge on any atom is -0.398 e. The first-order valence-corrected chi connectivity index (χ1v) is 4.53. The van der Waals surface area contributed by atoms with E-state index in [1.54, 1.807) is 0 Å². The molecule has 1 nitrogen and oxygen atoms in total. The second-order valence-corrected chi connectivity index (χ2v) is 4.71. The largest absolute Gasteiger partial charge is 0.398 e. The molecule has 0 aromatic rings. The number of thiol groups is 1. The zero-order chi connectivity index (χ0) is 6.15. The molecule has 1 aliphatic rings. The third-order valence-electron chi connectivity index (χ3n) is 0.865. The number of hydrogen-bond donors (Lipinski definition) is 2. The van der Waals surface area contributed by atoms with Crippen molar-refractivity contribution in [3.8, 4) is 0 Å². The van der Waals surface area contributed by atoms with E-state index in [2.05, 4.69) is 22.2 Å². The van der Waals surface area contributed by atoms with Gasteiger partial charge < -0.3 is 5.73 Å². The molecule has 0 aromatic heterocycles. The van der Waals surface area contributed by atoms with Gasteiger partial charge >= 0.3 is 0 Å². The molecule has 2 N–H and O–H groups in total. The van der Waals surface area contributed by atoms with Crippen LogP contribution >= 0.6 is 26.8 Å². The first-order chi connectivity index (χ1) is 3.70. The molecule has 0 aliphatic carbocycles. The third-order valence-corrected chi connectivity index (χ3v) is 3.75. The van der Waals surface area contributed by atoms with Gasteiger partial charge in [-0.25, -0.2) is 0 Å². The van der Waals surface area contributed by atoms with Crippen molar-refractivity contribution in [2.45, 2.75) is 0 Å². The van der Waals surface area contributed by atoms with Crippen molar-refractivity contribution in [3.05, 3.63) is 27.3 Å². The lowest BCUT2D eigenvalue weighted by Crippen LogP contribution is -1.87. The summed E-state index contributed by atoms with van der Waals surface area (Å²) in [6.45, 7) is 0. The van der Waals surface area contributed by atoms with E-state index in [1.165, 1.54) is 0 Å². The molecule has 1 heterocycles. The lowest BCUT2D eigenvalue weighted by atomic mass is 10.5. The SMILES string of the molecule is [CH2][SH]1C=C(N)C=C1Br. The number of nitrogens with two attached hydrogens (primary N) is 1. The molecule has 8 heavy (non-hydrogen) atoms. The Hall–Kier alpha value is 0.110. The van der Waals surface area contributed by atoms with E-state index in [1.807, 2.05) is 11.5 Å². The summed E-state index contributed by atoms with van der Waals surface area (Å²) in [5.41, 5.74) is 6.28. The number of hydrogen-bond acceptors (Lipinski definition) is 1. The van der Waals surface area contributed by atoms with Gasteiger partial charge in [0, 0.05) is 9.51 Å². The van der Waals surface area contributed by atoms with E-state index >= 15 is 0 Å². The standard InChI is InChI=1S/C5H7BrNS/c1-8-3-4(7)2-5(8)6/h2-3,8H,1,7H2. The van der Waals surface area contributed by atoms with Gasteiger partial charge in [0.2, 0.25) is 0 Å². The monoisotopic (exact) mass is 192 g/mol. The summed E-state index contributed by atoms with van der Waals surface area (Å²) in [5, 5.41) is 1.97. The van der Waals surface area contributed by atoms with Crippen molar-refractivity contribution < 1.29 is 0 Å². The molecule has 1 aliphatic heterocycles. The second kappa shape index (κ2) is 2.15. The molecule has 0 aromatic carbocycles. The van der Waals surface area contributed by atoms with Crippen LogP contribution in [0, 0.1) is 6.26 Å². The maximum atomic E-state index is 5.45. The third kappa shape index (κ3) is 1.09. The first-order valence-electron chi connectivity index (χ1n) is 2.14. The van der Waals surface area contributed by atoms with E-state index < -0.39 is 0 Å². The van der Waals surface area contributed by atoms with Gasteiger partial charge in [-0.3, -0.25) is 0 Å². The average molecular weight is 193 g/mol. The fraction of sp³-hybridized carbons (Fsp3) is 0. The summed E-state index contributed by atoms with van der Waals surface area (Å²) in [5.74, 6) is 0. The predicted octanol–water partition coefficient (Wildman–Crippen LogP) is 1.83. The van der Waals surface area contributed by atoms with E-state index in [9.17, 15) is 0 Å². The quantitative estimate of drug-likeness (QED) is 0.564. The van der Waals surface area contributed by atoms with Crippen LogP contribution in [0.25, 0.3) is 0 Å². The molecule has 0 amide bonds. The van der Waals surface area contributed by atoms with Gasteiger partial charge in [-0.15, -0.1) is 0 Å². The summed E-state index contributed by atoms with van der Waals surface area (Å²) in [6.07, 6.45) is 5.76. The maximum Gasteiger partial charge on any atom is 0.0380 e. The van der Waals surface area contributed by atoms with Crippen molar-refractivity contribution in [2.75, 3.05) is 0 Å². The highest BCUT2D eigenvalue weighted by Gasteiger charge is 2.04. The van der Waals surface area contributed by atoms with Crippen LogP contribution in [-0.4, -0.2) is 0 Å². The molecule has 0 spiro atoms. The van der Waals surface area contributed by atoms with Gasteiger partial charge in [0.15, 0.2) is 0 Å². The molecule has 3 heteroatoms. The number of allylic oxidation sites excluding steroid dienone is 1. The van der Waals surface area contributed by atoms with Gasteiger partial charge in [-0.05, 0) is 33.7 Å². The predicted molar refractivity (Wildman–Crippen MR) is 43.6 cm³/mol. The lowest BCUT2D eigenvalue weighted by Gasteiger charge is -2.00. The summed E-state index contributed by atoms with van der Waals surface area (Å²) in [7, 11) is -0.325. The van der Waals surface area contributed by atoms with E-state index in [0.717, 1.165) is 9.51 Å². The minimum atomic E-state index is -0.325. The van der Waals surface area contributed by atoms with Crippen LogP contribution in [0.15, 0.2) is 21.0 Å². The highest BCUT2D eigenvalue weighted by atomic mass is 79.9. The highest BCUT2D eigenvalue weighted by Crippen LogP contribution is 2.44. The van der Waals surface area contributed by atoms with E-state index in [0.29, 0.717) is 0 Å². The molecule has 1 rings (SSSR count). The summed E-state index contributed by atoms with van der Waals surface area (Å²) < 4.78 is 1.13. The van der Waals surface area contributed by atoms with Crippen LogP contribution in [0.2, 0.25) is 0 Å². The fourth-order valence-electron chi connectivity index (χ4n) is 0.499. The van der Waals surface area contributed by atoms with E-state index in [-0.39, 0.29) is 10.9 Å². The molecule has 0 fully saturated rings. The van der Waals surface area contributed by atoms with Crippen LogP contribution in [0.3, 0.4) is 0 Å². The zero-order valence-electron chi connectivity index (χ0n) is 4.26. The molecule has 0 saturated carbocycles. The Balaban J connectivity index is 2.78. The van der Waals surface area contributed by atoms with Gasteiger partial charge in [-0.1, -0.05) is 0 Å². The van der Waals surface area contributed by atoms with Crippen molar-refractivity contribution >= 4 is 26.8 Å². The maximum absolute atomic E-state index is 5.45. The van der Waals surface area contributed by atoms with Gasteiger partial charge in [0.05, 0.1) is 0 Å². The molecule has 1 radical (unpaired) electrons. The fourth-order valence-corrected chi connectivity index (χ4v) is 1.94. The Bertz CT molecular complexity index is 162. The van der Waals surface area contributed by atoms with Crippen LogP contribution in [-0.2, 0) is 0 Å². The van der Waals surface area contributed by atoms with Crippen LogP contribution in [0.4, 0.5) is 0 Å². The Kier molecular flexibility index (Phi) is 1.68. The highest BCUT2D eigenvalue weighted by molar-refractivity contribution is 9.14. The normalized spacial score (nSPS) is 32.0. The molecule has 1 unspecified atom stereocenters. The Morgan fingerprint density at radius 1 is 1.75 bits per heavy atom. The molecular formula is C5H7BrNS. The van der Waals surface area contributed by atoms with Crippen molar-refractivity contribution in [2.24, 2.45) is 5.73 Å². The van der Waals surface area contributed by atoms with Crippen molar-refractivity contribution in [1.82, 2.24) is 0 Å². The Morgan fingerprint density at radius 2 is 2.38 bits per heavy atom. The second-order valence-electron chi connectivity index (χ2n) is 1.57. The minimum absolute atomic E-state index is 0.325. The van der Waals surface area contributed by atoms with Gasteiger partial charge in [0.25, 0.3) is 0 Å². The van der Waals surface area contributed by atoms with Crippen LogP contribution in [0.5, 0.6) is 0 Å². The first kappa shape index (κ1) is 6.23. The lowest BCUT2D eigenvalue weighted by molar-refractivity contribution is 1.46. The smallest absolute Gasteiger partial charge is 0.0380 e. The van der Waals surface area contributed by atoms with Crippen molar-refractivity contribution in [1.29, 1.82) is 0 Å². The zero-order valence-corrected chi connectivity index (χ0v) is 6.74. The summed E-state index contributed by atoms with van der Waals surface area (Å²) in [4.78, 5) is 0. The number of rotatable bonds is 0. The van der Waals surface area contributed by atoms with E-state index in [4.69, 9.17) is 5.73 Å². The summed E-state index contributed by atoms with van der Waals surface area (Å²) >= 11 is 3.34. The van der Waals surface area contributed by atoms with Crippen LogP contribution in [0.1, 0.15) is 0 Å². The Labute approximate surface area is 60.1 Å².